The lowest BCUT2D eigenvalue weighted by Crippen LogP contribution is -1.83. The SMILES string of the molecule is Cc1ccc(-c2cnc3sccn23)cc1. The van der Waals surface area contributed by atoms with E-state index in [4.69, 9.17) is 0 Å². The molecule has 0 aliphatic heterocycles. The molecule has 0 aliphatic rings. The van der Waals surface area contributed by atoms with Crippen molar-refractivity contribution < 1.29 is 0 Å². The average Bonchev–Trinajstić information content (AvgIpc) is 2.80. The lowest BCUT2D eigenvalue weighted by molar-refractivity contribution is 1.23. The van der Waals surface area contributed by atoms with Crippen LogP contribution in [0.5, 0.6) is 0 Å². The Morgan fingerprint density at radius 1 is 1.20 bits per heavy atom. The van der Waals surface area contributed by atoms with Gasteiger partial charge in [-0.1, -0.05) is 29.8 Å². The highest BCUT2D eigenvalue weighted by atomic mass is 32.1. The normalized spacial score (nSPS) is 11.0. The number of rotatable bonds is 1. The van der Waals surface area contributed by atoms with Crippen LogP contribution in [0.15, 0.2) is 42.0 Å². The predicted molar refractivity (Wildman–Crippen MR) is 63.2 cm³/mol. The number of imidazole rings is 1. The number of aromatic nitrogens is 2. The van der Waals surface area contributed by atoms with Crippen molar-refractivity contribution in [1.29, 1.82) is 0 Å². The fourth-order valence-electron chi connectivity index (χ4n) is 1.67. The molecule has 15 heavy (non-hydrogen) atoms. The molecular weight excluding hydrogens is 204 g/mol. The van der Waals surface area contributed by atoms with Crippen LogP contribution in [0.3, 0.4) is 0 Å². The molecule has 3 heteroatoms. The van der Waals surface area contributed by atoms with E-state index in [9.17, 15) is 0 Å². The Kier molecular flexibility index (Phi) is 1.86. The minimum atomic E-state index is 1.05. The summed E-state index contributed by atoms with van der Waals surface area (Å²) in [6.07, 6.45) is 3.98. The number of nitrogens with zero attached hydrogens (tertiary/aromatic N) is 2. The van der Waals surface area contributed by atoms with Gasteiger partial charge in [0.2, 0.25) is 0 Å². The predicted octanol–water partition coefficient (Wildman–Crippen LogP) is 3.37. The molecule has 0 radical (unpaired) electrons. The van der Waals surface area contributed by atoms with Crippen LogP contribution in [0, 0.1) is 6.92 Å². The van der Waals surface area contributed by atoms with E-state index < -0.39 is 0 Å². The van der Waals surface area contributed by atoms with Gasteiger partial charge in [0.25, 0.3) is 0 Å². The maximum atomic E-state index is 4.36. The number of aryl methyl sites for hydroxylation is 1. The number of fused-ring (bicyclic) bond motifs is 1. The maximum absolute atomic E-state index is 4.36. The van der Waals surface area contributed by atoms with Crippen molar-refractivity contribution in [2.45, 2.75) is 6.92 Å². The van der Waals surface area contributed by atoms with Gasteiger partial charge in [-0.3, -0.25) is 4.40 Å². The molecule has 74 valence electrons. The van der Waals surface area contributed by atoms with E-state index in [1.807, 2.05) is 6.20 Å². The Hall–Kier alpha value is -1.61. The van der Waals surface area contributed by atoms with Gasteiger partial charge in [-0.25, -0.2) is 4.98 Å². The van der Waals surface area contributed by atoms with E-state index in [1.165, 1.54) is 11.1 Å². The Morgan fingerprint density at radius 2 is 2.00 bits per heavy atom. The molecule has 0 N–H and O–H groups in total. The van der Waals surface area contributed by atoms with Gasteiger partial charge in [-0.05, 0) is 6.92 Å². The Labute approximate surface area is 91.8 Å². The fourth-order valence-corrected chi connectivity index (χ4v) is 2.36. The highest BCUT2D eigenvalue weighted by molar-refractivity contribution is 7.15. The topological polar surface area (TPSA) is 17.3 Å². The minimum Gasteiger partial charge on any atom is -0.290 e. The molecule has 0 atom stereocenters. The molecule has 0 saturated carbocycles. The van der Waals surface area contributed by atoms with E-state index in [0.717, 1.165) is 10.7 Å². The molecule has 2 nitrogen and oxygen atoms in total. The van der Waals surface area contributed by atoms with Crippen molar-refractivity contribution in [2.75, 3.05) is 0 Å². The van der Waals surface area contributed by atoms with Gasteiger partial charge in [0, 0.05) is 17.1 Å². The van der Waals surface area contributed by atoms with Gasteiger partial charge < -0.3 is 0 Å². The van der Waals surface area contributed by atoms with Gasteiger partial charge in [0.05, 0.1) is 11.9 Å². The van der Waals surface area contributed by atoms with Crippen LogP contribution in [0.25, 0.3) is 16.2 Å². The summed E-state index contributed by atoms with van der Waals surface area (Å²) < 4.78 is 2.12. The molecule has 0 amide bonds. The molecule has 0 spiro atoms. The molecule has 2 heterocycles. The van der Waals surface area contributed by atoms with Crippen LogP contribution < -0.4 is 0 Å². The third-order valence-electron chi connectivity index (χ3n) is 2.49. The van der Waals surface area contributed by atoms with Crippen molar-refractivity contribution in [3.05, 3.63) is 47.6 Å². The van der Waals surface area contributed by atoms with Gasteiger partial charge >= 0.3 is 0 Å². The summed E-state index contributed by atoms with van der Waals surface area (Å²) >= 11 is 1.66. The van der Waals surface area contributed by atoms with E-state index in [2.05, 4.69) is 52.2 Å². The summed E-state index contributed by atoms with van der Waals surface area (Å²) in [5.74, 6) is 0. The molecular formula is C12H10N2S. The third-order valence-corrected chi connectivity index (χ3v) is 3.26. The number of benzene rings is 1. The second kappa shape index (κ2) is 3.21. The lowest BCUT2D eigenvalue weighted by atomic mass is 10.1. The van der Waals surface area contributed by atoms with Crippen molar-refractivity contribution in [2.24, 2.45) is 0 Å². The van der Waals surface area contributed by atoms with Crippen molar-refractivity contribution in [3.63, 3.8) is 0 Å². The second-order valence-corrected chi connectivity index (χ2v) is 4.44. The first-order valence-electron chi connectivity index (χ1n) is 4.82. The molecule has 0 bridgehead atoms. The summed E-state index contributed by atoms with van der Waals surface area (Å²) in [6.45, 7) is 2.10. The Bertz CT molecular complexity index is 589. The molecule has 0 aliphatic carbocycles. The van der Waals surface area contributed by atoms with Crippen LogP contribution >= 0.6 is 11.3 Å². The van der Waals surface area contributed by atoms with Crippen LogP contribution in [-0.2, 0) is 0 Å². The summed E-state index contributed by atoms with van der Waals surface area (Å²) in [5, 5.41) is 2.06. The standard InChI is InChI=1S/C12H10N2S/c1-9-2-4-10(5-3-9)11-8-13-12-14(11)6-7-15-12/h2-8H,1H3. The van der Waals surface area contributed by atoms with Gasteiger partial charge in [0.15, 0.2) is 4.96 Å². The smallest absolute Gasteiger partial charge is 0.194 e. The number of hydrogen-bond donors (Lipinski definition) is 0. The zero-order valence-electron chi connectivity index (χ0n) is 8.34. The van der Waals surface area contributed by atoms with Gasteiger partial charge in [0.1, 0.15) is 0 Å². The van der Waals surface area contributed by atoms with E-state index in [-0.39, 0.29) is 0 Å². The lowest BCUT2D eigenvalue weighted by Gasteiger charge is -1.99. The largest absolute Gasteiger partial charge is 0.290 e. The molecule has 0 unspecified atom stereocenters. The highest BCUT2D eigenvalue weighted by Gasteiger charge is 2.05. The highest BCUT2D eigenvalue weighted by Crippen LogP contribution is 2.23. The first-order valence-corrected chi connectivity index (χ1v) is 5.70. The molecule has 3 rings (SSSR count). The molecule has 1 aromatic carbocycles. The molecule has 0 saturated heterocycles. The monoisotopic (exact) mass is 214 g/mol. The molecule has 3 aromatic rings. The maximum Gasteiger partial charge on any atom is 0.194 e. The summed E-state index contributed by atoms with van der Waals surface area (Å²) in [6, 6.07) is 8.52. The first-order chi connectivity index (χ1) is 7.34. The summed E-state index contributed by atoms with van der Waals surface area (Å²) in [5.41, 5.74) is 3.66. The second-order valence-electron chi connectivity index (χ2n) is 3.57. The van der Waals surface area contributed by atoms with Crippen LogP contribution in [-0.4, -0.2) is 9.38 Å². The zero-order chi connectivity index (χ0) is 10.3. The van der Waals surface area contributed by atoms with E-state index >= 15 is 0 Å². The Balaban J connectivity index is 2.21. The number of hydrogen-bond acceptors (Lipinski definition) is 2. The summed E-state index contributed by atoms with van der Waals surface area (Å²) in [7, 11) is 0. The Morgan fingerprint density at radius 3 is 2.80 bits per heavy atom. The average molecular weight is 214 g/mol. The molecule has 2 aromatic heterocycles. The van der Waals surface area contributed by atoms with Gasteiger partial charge in [-0.2, -0.15) is 0 Å². The fraction of sp³-hybridized carbons (Fsp3) is 0.0833. The first kappa shape index (κ1) is 8.68. The number of thiazole rings is 1. The summed E-state index contributed by atoms with van der Waals surface area (Å²) in [4.78, 5) is 5.41. The van der Waals surface area contributed by atoms with E-state index in [1.54, 1.807) is 11.3 Å². The van der Waals surface area contributed by atoms with Crippen molar-refractivity contribution in [1.82, 2.24) is 9.38 Å². The van der Waals surface area contributed by atoms with Crippen LogP contribution in [0.1, 0.15) is 5.56 Å². The zero-order valence-corrected chi connectivity index (χ0v) is 9.16. The third kappa shape index (κ3) is 1.36. The quantitative estimate of drug-likeness (QED) is 0.607. The minimum absolute atomic E-state index is 1.05. The van der Waals surface area contributed by atoms with Crippen LogP contribution in [0.4, 0.5) is 0 Å². The van der Waals surface area contributed by atoms with E-state index in [0.29, 0.717) is 0 Å². The van der Waals surface area contributed by atoms with Crippen molar-refractivity contribution in [3.8, 4) is 11.3 Å². The molecule has 0 fully saturated rings. The van der Waals surface area contributed by atoms with Gasteiger partial charge in [-0.15, -0.1) is 11.3 Å². The van der Waals surface area contributed by atoms with Crippen LogP contribution in [0.2, 0.25) is 0 Å². The van der Waals surface area contributed by atoms with Crippen molar-refractivity contribution >= 4 is 16.3 Å².